The van der Waals surface area contributed by atoms with Crippen molar-refractivity contribution in [2.45, 2.75) is 13.3 Å². The van der Waals surface area contributed by atoms with Crippen LogP contribution in [-0.2, 0) is 16.0 Å². The number of aryl methyl sites for hydroxylation is 1. The average molecular weight is 388 g/mol. The Bertz CT molecular complexity index is 982. The predicted molar refractivity (Wildman–Crippen MR) is 114 cm³/mol. The number of rotatable bonds is 5. The van der Waals surface area contributed by atoms with Crippen LogP contribution in [0.2, 0.25) is 0 Å². The lowest BCUT2D eigenvalue weighted by molar-refractivity contribution is -0.115. The van der Waals surface area contributed by atoms with Crippen molar-refractivity contribution in [3.05, 3.63) is 71.8 Å². The van der Waals surface area contributed by atoms with Gasteiger partial charge in [-0.15, -0.1) is 10.2 Å². The molecule has 3 aromatic rings. The number of nitrogens with one attached hydrogen (secondary N) is 1. The Morgan fingerprint density at radius 3 is 2.62 bits per heavy atom. The van der Waals surface area contributed by atoms with Gasteiger partial charge in [-0.2, -0.15) is 0 Å². The van der Waals surface area contributed by atoms with Crippen LogP contribution < -0.4 is 10.2 Å². The lowest BCUT2D eigenvalue weighted by Gasteiger charge is -2.27. The molecule has 0 saturated carbocycles. The van der Waals surface area contributed by atoms with E-state index in [1.165, 1.54) is 0 Å². The van der Waals surface area contributed by atoms with Crippen LogP contribution in [0.5, 0.6) is 0 Å². The summed E-state index contributed by atoms with van der Waals surface area (Å²) in [7, 11) is 0. The minimum Gasteiger partial charge on any atom is -0.378 e. The number of amides is 1. The zero-order chi connectivity index (χ0) is 20.1. The van der Waals surface area contributed by atoms with Crippen LogP contribution >= 0.6 is 0 Å². The summed E-state index contributed by atoms with van der Waals surface area (Å²) in [5.74, 6) is 0.824. The van der Waals surface area contributed by atoms with Crippen LogP contribution in [0.15, 0.2) is 60.7 Å². The first-order valence-electron chi connectivity index (χ1n) is 9.80. The minimum atomic E-state index is -0.0369. The van der Waals surface area contributed by atoms with Gasteiger partial charge in [0.15, 0.2) is 5.82 Å². The molecule has 6 nitrogen and oxygen atoms in total. The predicted octanol–water partition coefficient (Wildman–Crippen LogP) is 3.47. The maximum atomic E-state index is 12.4. The normalized spacial score (nSPS) is 13.9. The molecule has 1 fully saturated rings. The minimum absolute atomic E-state index is 0.0369. The summed E-state index contributed by atoms with van der Waals surface area (Å²) >= 11 is 0. The molecule has 6 heteroatoms. The molecule has 1 aliphatic heterocycles. The van der Waals surface area contributed by atoms with Gasteiger partial charge in [-0.25, -0.2) is 0 Å². The van der Waals surface area contributed by atoms with E-state index in [0.717, 1.165) is 47.0 Å². The van der Waals surface area contributed by atoms with E-state index in [1.54, 1.807) is 0 Å². The van der Waals surface area contributed by atoms with Gasteiger partial charge in [0.1, 0.15) is 0 Å². The highest BCUT2D eigenvalue weighted by Crippen LogP contribution is 2.22. The quantitative estimate of drug-likeness (QED) is 0.725. The highest BCUT2D eigenvalue weighted by atomic mass is 16.5. The first-order chi connectivity index (χ1) is 14.2. The van der Waals surface area contributed by atoms with Crippen molar-refractivity contribution < 1.29 is 9.53 Å². The second-order valence-corrected chi connectivity index (χ2v) is 7.11. The molecule has 2 heterocycles. The highest BCUT2D eigenvalue weighted by molar-refractivity contribution is 5.93. The van der Waals surface area contributed by atoms with Crippen molar-refractivity contribution in [1.82, 2.24) is 10.2 Å². The van der Waals surface area contributed by atoms with Crippen molar-refractivity contribution in [1.29, 1.82) is 0 Å². The molecule has 0 aliphatic carbocycles. The van der Waals surface area contributed by atoms with E-state index in [2.05, 4.69) is 20.4 Å². The van der Waals surface area contributed by atoms with Gasteiger partial charge in [-0.3, -0.25) is 4.79 Å². The van der Waals surface area contributed by atoms with Gasteiger partial charge in [0, 0.05) is 24.3 Å². The zero-order valence-electron chi connectivity index (χ0n) is 16.5. The monoisotopic (exact) mass is 388 g/mol. The SMILES string of the molecule is Cc1ccccc1CC(=O)Nc1cccc(-c2ccc(N3CCOCC3)nn2)c1. The van der Waals surface area contributed by atoms with Gasteiger partial charge in [-0.05, 0) is 42.3 Å². The fraction of sp³-hybridized carbons (Fsp3) is 0.261. The Hall–Kier alpha value is -3.25. The van der Waals surface area contributed by atoms with Crippen LogP contribution in [-0.4, -0.2) is 42.4 Å². The molecule has 1 aromatic heterocycles. The molecular formula is C23H24N4O2. The summed E-state index contributed by atoms with van der Waals surface area (Å²) in [4.78, 5) is 14.6. The highest BCUT2D eigenvalue weighted by Gasteiger charge is 2.13. The molecule has 1 aliphatic rings. The Morgan fingerprint density at radius 2 is 1.86 bits per heavy atom. The molecule has 29 heavy (non-hydrogen) atoms. The number of nitrogens with zero attached hydrogens (tertiary/aromatic N) is 3. The molecule has 148 valence electrons. The average Bonchev–Trinajstić information content (AvgIpc) is 2.76. The van der Waals surface area contributed by atoms with E-state index in [1.807, 2.05) is 67.6 Å². The summed E-state index contributed by atoms with van der Waals surface area (Å²) in [6, 6.07) is 19.6. The van der Waals surface area contributed by atoms with E-state index in [-0.39, 0.29) is 5.91 Å². The van der Waals surface area contributed by atoms with E-state index < -0.39 is 0 Å². The van der Waals surface area contributed by atoms with Gasteiger partial charge in [0.25, 0.3) is 0 Å². The Balaban J connectivity index is 1.44. The number of carbonyl (C=O) groups excluding carboxylic acids is 1. The topological polar surface area (TPSA) is 67.4 Å². The van der Waals surface area contributed by atoms with Crippen LogP contribution in [0.4, 0.5) is 11.5 Å². The molecule has 0 unspecified atom stereocenters. The van der Waals surface area contributed by atoms with Gasteiger partial charge >= 0.3 is 0 Å². The molecule has 0 spiro atoms. The standard InChI is InChI=1S/C23H24N4O2/c1-17-5-2-3-6-18(17)16-23(28)24-20-8-4-7-19(15-20)21-9-10-22(26-25-21)27-11-13-29-14-12-27/h2-10,15H,11-14,16H2,1H3,(H,24,28). The largest absolute Gasteiger partial charge is 0.378 e. The maximum Gasteiger partial charge on any atom is 0.228 e. The number of carbonyl (C=O) groups is 1. The van der Waals surface area contributed by atoms with Crippen molar-refractivity contribution in [3.8, 4) is 11.3 Å². The Morgan fingerprint density at radius 1 is 1.03 bits per heavy atom. The lowest BCUT2D eigenvalue weighted by atomic mass is 10.1. The van der Waals surface area contributed by atoms with Crippen molar-refractivity contribution in [2.75, 3.05) is 36.5 Å². The number of morpholine rings is 1. The summed E-state index contributed by atoms with van der Waals surface area (Å²) in [6.07, 6.45) is 0.352. The summed E-state index contributed by atoms with van der Waals surface area (Å²) in [5, 5.41) is 11.7. The third-order valence-electron chi connectivity index (χ3n) is 5.04. The summed E-state index contributed by atoms with van der Waals surface area (Å²) in [5.41, 5.74) is 4.59. The number of hydrogen-bond acceptors (Lipinski definition) is 5. The van der Waals surface area contributed by atoms with E-state index >= 15 is 0 Å². The second kappa shape index (κ2) is 8.84. The molecule has 0 radical (unpaired) electrons. The Kier molecular flexibility index (Phi) is 5.81. The van der Waals surface area contributed by atoms with Crippen molar-refractivity contribution in [2.24, 2.45) is 0 Å². The summed E-state index contributed by atoms with van der Waals surface area (Å²) < 4.78 is 5.38. The lowest BCUT2D eigenvalue weighted by Crippen LogP contribution is -2.36. The summed E-state index contributed by atoms with van der Waals surface area (Å²) in [6.45, 7) is 5.11. The zero-order valence-corrected chi connectivity index (χ0v) is 16.5. The maximum absolute atomic E-state index is 12.4. The molecule has 2 aromatic carbocycles. The Labute approximate surface area is 170 Å². The van der Waals surface area contributed by atoms with Gasteiger partial charge in [0.2, 0.25) is 5.91 Å². The van der Waals surface area contributed by atoms with Gasteiger partial charge in [-0.1, -0.05) is 36.4 Å². The third kappa shape index (κ3) is 4.78. The van der Waals surface area contributed by atoms with Gasteiger partial charge in [0.05, 0.1) is 25.3 Å². The molecular weight excluding hydrogens is 364 g/mol. The smallest absolute Gasteiger partial charge is 0.228 e. The fourth-order valence-corrected chi connectivity index (χ4v) is 3.38. The number of anilines is 2. The molecule has 0 atom stereocenters. The van der Waals surface area contributed by atoms with Crippen LogP contribution in [0.3, 0.4) is 0 Å². The first-order valence-corrected chi connectivity index (χ1v) is 9.80. The first kappa shape index (κ1) is 19.1. The van der Waals surface area contributed by atoms with E-state index in [9.17, 15) is 4.79 Å². The van der Waals surface area contributed by atoms with Crippen molar-refractivity contribution in [3.63, 3.8) is 0 Å². The fourth-order valence-electron chi connectivity index (χ4n) is 3.38. The van der Waals surface area contributed by atoms with E-state index in [4.69, 9.17) is 4.74 Å². The number of aromatic nitrogens is 2. The van der Waals surface area contributed by atoms with Gasteiger partial charge < -0.3 is 15.0 Å². The van der Waals surface area contributed by atoms with Crippen LogP contribution in [0, 0.1) is 6.92 Å². The molecule has 1 amide bonds. The molecule has 4 rings (SSSR count). The third-order valence-corrected chi connectivity index (χ3v) is 5.04. The number of benzene rings is 2. The molecule has 1 saturated heterocycles. The van der Waals surface area contributed by atoms with Crippen LogP contribution in [0.25, 0.3) is 11.3 Å². The second-order valence-electron chi connectivity index (χ2n) is 7.11. The van der Waals surface area contributed by atoms with Crippen LogP contribution in [0.1, 0.15) is 11.1 Å². The number of hydrogen-bond donors (Lipinski definition) is 1. The molecule has 1 N–H and O–H groups in total. The number of ether oxygens (including phenoxy) is 1. The van der Waals surface area contributed by atoms with Crippen molar-refractivity contribution >= 4 is 17.4 Å². The molecule has 0 bridgehead atoms. The van der Waals surface area contributed by atoms with E-state index in [0.29, 0.717) is 19.6 Å².